The topological polar surface area (TPSA) is 50.7 Å². The highest BCUT2D eigenvalue weighted by molar-refractivity contribution is 5.48. The van der Waals surface area contributed by atoms with Gasteiger partial charge in [0.05, 0.1) is 6.10 Å². The number of aliphatic hydroxyl groups excluding tert-OH is 1. The fraction of sp³-hybridized carbons (Fsp3) is 0.250. The van der Waals surface area contributed by atoms with Crippen LogP contribution in [0.2, 0.25) is 0 Å². The van der Waals surface area contributed by atoms with Gasteiger partial charge in [-0.15, -0.1) is 0 Å². The first-order chi connectivity index (χ1) is 10.6. The van der Waals surface area contributed by atoms with E-state index in [1.807, 2.05) is 18.2 Å². The molecule has 3 rings (SSSR count). The van der Waals surface area contributed by atoms with Crippen LogP contribution in [0.4, 0.5) is 8.78 Å². The second-order valence-corrected chi connectivity index (χ2v) is 4.96. The molecular formula is C16H15F2NO3. The lowest BCUT2D eigenvalue weighted by molar-refractivity contribution is 0.167. The summed E-state index contributed by atoms with van der Waals surface area (Å²) in [5.74, 6) is -0.0630. The fourth-order valence-corrected chi connectivity index (χ4v) is 2.36. The third-order valence-corrected chi connectivity index (χ3v) is 3.45. The van der Waals surface area contributed by atoms with Crippen LogP contribution >= 0.6 is 0 Å². The number of hydrogen-bond acceptors (Lipinski definition) is 4. The molecule has 0 fully saturated rings. The number of benzene rings is 2. The molecule has 0 radical (unpaired) electrons. The third-order valence-electron chi connectivity index (χ3n) is 3.45. The van der Waals surface area contributed by atoms with Gasteiger partial charge in [0.1, 0.15) is 11.6 Å². The van der Waals surface area contributed by atoms with Gasteiger partial charge >= 0.3 is 0 Å². The van der Waals surface area contributed by atoms with E-state index in [0.717, 1.165) is 17.7 Å². The van der Waals surface area contributed by atoms with Gasteiger partial charge in [-0.25, -0.2) is 8.78 Å². The smallest absolute Gasteiger partial charge is 0.231 e. The van der Waals surface area contributed by atoms with Gasteiger partial charge in [0.15, 0.2) is 11.5 Å². The van der Waals surface area contributed by atoms with Crippen molar-refractivity contribution in [2.75, 3.05) is 13.3 Å². The van der Waals surface area contributed by atoms with Crippen LogP contribution in [-0.4, -0.2) is 18.4 Å². The minimum atomic E-state index is -1.06. The van der Waals surface area contributed by atoms with Crippen LogP contribution in [0.5, 0.6) is 11.5 Å². The minimum Gasteiger partial charge on any atom is -0.454 e. The van der Waals surface area contributed by atoms with Crippen LogP contribution in [-0.2, 0) is 6.54 Å². The molecule has 2 N–H and O–H groups in total. The highest BCUT2D eigenvalue weighted by Crippen LogP contribution is 2.35. The van der Waals surface area contributed by atoms with Gasteiger partial charge in [-0.3, -0.25) is 0 Å². The Kier molecular flexibility index (Phi) is 4.22. The molecule has 6 heteroatoms. The average molecular weight is 307 g/mol. The molecule has 0 aromatic heterocycles. The molecule has 22 heavy (non-hydrogen) atoms. The standard InChI is InChI=1S/C16H15F2NO3/c17-11-4-5-12(13(18)6-11)14(20)8-19-7-10-2-1-3-15-16(10)22-9-21-15/h1-6,14,19-20H,7-9H2/t14-/m1/s1. The van der Waals surface area contributed by atoms with Crippen molar-refractivity contribution in [3.05, 3.63) is 59.2 Å². The fourth-order valence-electron chi connectivity index (χ4n) is 2.36. The summed E-state index contributed by atoms with van der Waals surface area (Å²) in [6.07, 6.45) is -1.06. The molecule has 0 bridgehead atoms. The molecule has 0 unspecified atom stereocenters. The van der Waals surface area contributed by atoms with Gasteiger partial charge < -0.3 is 19.9 Å². The zero-order chi connectivity index (χ0) is 15.5. The number of rotatable bonds is 5. The number of nitrogens with one attached hydrogen (secondary N) is 1. The highest BCUT2D eigenvalue weighted by Gasteiger charge is 2.18. The summed E-state index contributed by atoms with van der Waals surface area (Å²) in [4.78, 5) is 0. The lowest BCUT2D eigenvalue weighted by Gasteiger charge is -2.14. The van der Waals surface area contributed by atoms with E-state index in [1.165, 1.54) is 6.07 Å². The molecule has 4 nitrogen and oxygen atoms in total. The Bertz CT molecular complexity index is 678. The Hall–Kier alpha value is -2.18. The maximum absolute atomic E-state index is 13.6. The zero-order valence-electron chi connectivity index (χ0n) is 11.7. The first kappa shape index (κ1) is 14.7. The number of fused-ring (bicyclic) bond motifs is 1. The van der Waals surface area contributed by atoms with Crippen molar-refractivity contribution < 1.29 is 23.4 Å². The molecule has 0 saturated carbocycles. The number of ether oxygens (including phenoxy) is 2. The van der Waals surface area contributed by atoms with Crippen molar-refractivity contribution in [1.29, 1.82) is 0 Å². The SMILES string of the molecule is O[C@H](CNCc1cccc2c1OCO2)c1ccc(F)cc1F. The van der Waals surface area contributed by atoms with Crippen LogP contribution in [0.25, 0.3) is 0 Å². The van der Waals surface area contributed by atoms with E-state index in [0.29, 0.717) is 18.0 Å². The lowest BCUT2D eigenvalue weighted by atomic mass is 10.1. The van der Waals surface area contributed by atoms with Crippen LogP contribution in [0.15, 0.2) is 36.4 Å². The number of halogens is 2. The Labute approximate surface area is 126 Å². The predicted molar refractivity (Wildman–Crippen MR) is 75.6 cm³/mol. The van der Waals surface area contributed by atoms with Gasteiger partial charge in [-0.05, 0) is 12.1 Å². The summed E-state index contributed by atoms with van der Waals surface area (Å²) in [6.45, 7) is 0.759. The second kappa shape index (κ2) is 6.29. The monoisotopic (exact) mass is 307 g/mol. The first-order valence-corrected chi connectivity index (χ1v) is 6.86. The van der Waals surface area contributed by atoms with Crippen molar-refractivity contribution in [3.63, 3.8) is 0 Å². The lowest BCUT2D eigenvalue weighted by Crippen LogP contribution is -2.22. The molecular weight excluding hydrogens is 292 g/mol. The van der Waals surface area contributed by atoms with E-state index in [2.05, 4.69) is 5.32 Å². The van der Waals surface area contributed by atoms with Crippen molar-refractivity contribution in [3.8, 4) is 11.5 Å². The van der Waals surface area contributed by atoms with Crippen LogP contribution < -0.4 is 14.8 Å². The average Bonchev–Trinajstić information content (AvgIpc) is 2.96. The summed E-state index contributed by atoms with van der Waals surface area (Å²) in [5.41, 5.74) is 0.952. The van der Waals surface area contributed by atoms with Crippen LogP contribution in [0.3, 0.4) is 0 Å². The molecule has 1 aliphatic heterocycles. The molecule has 2 aromatic rings. The maximum Gasteiger partial charge on any atom is 0.231 e. The molecule has 1 heterocycles. The van der Waals surface area contributed by atoms with Crippen molar-refractivity contribution >= 4 is 0 Å². The molecule has 116 valence electrons. The summed E-state index contributed by atoms with van der Waals surface area (Å²) in [5, 5.41) is 13.0. The number of hydrogen-bond donors (Lipinski definition) is 2. The molecule has 2 aromatic carbocycles. The summed E-state index contributed by atoms with van der Waals surface area (Å²) < 4.78 is 37.1. The number of para-hydroxylation sites is 1. The van der Waals surface area contributed by atoms with Crippen molar-refractivity contribution in [2.45, 2.75) is 12.6 Å². The van der Waals surface area contributed by atoms with E-state index in [4.69, 9.17) is 9.47 Å². The molecule has 1 atom stereocenters. The van der Waals surface area contributed by atoms with E-state index >= 15 is 0 Å². The summed E-state index contributed by atoms with van der Waals surface area (Å²) in [7, 11) is 0. The van der Waals surface area contributed by atoms with Gasteiger partial charge in [-0.1, -0.05) is 18.2 Å². The molecule has 0 spiro atoms. The Morgan fingerprint density at radius 1 is 1.18 bits per heavy atom. The van der Waals surface area contributed by atoms with E-state index in [1.54, 1.807) is 0 Å². The molecule has 0 saturated heterocycles. The van der Waals surface area contributed by atoms with Crippen molar-refractivity contribution in [2.24, 2.45) is 0 Å². The zero-order valence-corrected chi connectivity index (χ0v) is 11.7. The molecule has 1 aliphatic rings. The minimum absolute atomic E-state index is 0.0618. The summed E-state index contributed by atoms with van der Waals surface area (Å²) >= 11 is 0. The summed E-state index contributed by atoms with van der Waals surface area (Å²) in [6, 6.07) is 8.67. The van der Waals surface area contributed by atoms with E-state index < -0.39 is 17.7 Å². The highest BCUT2D eigenvalue weighted by atomic mass is 19.1. The normalized spacial score (nSPS) is 14.1. The van der Waals surface area contributed by atoms with Gasteiger partial charge in [-0.2, -0.15) is 0 Å². The second-order valence-electron chi connectivity index (χ2n) is 4.96. The molecule has 0 amide bonds. The quantitative estimate of drug-likeness (QED) is 0.891. The first-order valence-electron chi connectivity index (χ1n) is 6.86. The third kappa shape index (κ3) is 3.03. The van der Waals surface area contributed by atoms with Gasteiger partial charge in [0, 0.05) is 30.3 Å². The van der Waals surface area contributed by atoms with Gasteiger partial charge in [0.2, 0.25) is 6.79 Å². The maximum atomic E-state index is 13.6. The number of aliphatic hydroxyl groups is 1. The largest absolute Gasteiger partial charge is 0.454 e. The van der Waals surface area contributed by atoms with E-state index in [9.17, 15) is 13.9 Å². The Morgan fingerprint density at radius 2 is 2.05 bits per heavy atom. The van der Waals surface area contributed by atoms with Crippen LogP contribution in [0.1, 0.15) is 17.2 Å². The Morgan fingerprint density at radius 3 is 2.86 bits per heavy atom. The van der Waals surface area contributed by atoms with Crippen LogP contribution in [0, 0.1) is 11.6 Å². The van der Waals surface area contributed by atoms with Gasteiger partial charge in [0.25, 0.3) is 0 Å². The van der Waals surface area contributed by atoms with Crippen molar-refractivity contribution in [1.82, 2.24) is 5.32 Å². The predicted octanol–water partition coefficient (Wildman–Crippen LogP) is 2.52. The molecule has 0 aliphatic carbocycles. The Balaban J connectivity index is 1.60. The van der Waals surface area contributed by atoms with E-state index in [-0.39, 0.29) is 18.9 Å².